The monoisotopic (exact) mass is 251 g/mol. The summed E-state index contributed by atoms with van der Waals surface area (Å²) in [5, 5.41) is 21.1. The van der Waals surface area contributed by atoms with E-state index in [0.29, 0.717) is 0 Å². The lowest BCUT2D eigenvalue weighted by Gasteiger charge is -2.20. The second-order valence-corrected chi connectivity index (χ2v) is 3.74. The average Bonchev–Trinajstić information content (AvgIpc) is 2.21. The fourth-order valence-electron chi connectivity index (χ4n) is 1.55. The Morgan fingerprint density at radius 3 is 2.24 bits per heavy atom. The first-order chi connectivity index (χ1) is 7.70. The molecule has 96 valence electrons. The second-order valence-electron chi connectivity index (χ2n) is 3.74. The number of rotatable bonds is 2. The fraction of sp³-hybridized carbons (Fsp3) is 0.500. The quantitative estimate of drug-likeness (QED) is 0.689. The van der Waals surface area contributed by atoms with E-state index in [0.717, 1.165) is 13.2 Å². The summed E-state index contributed by atoms with van der Waals surface area (Å²) < 4.78 is 39.4. The van der Waals surface area contributed by atoms with Crippen LogP contribution in [0.1, 0.15) is 17.3 Å². The first-order valence-corrected chi connectivity index (χ1v) is 4.85. The normalized spacial score (nSPS) is 13.8. The molecule has 0 spiro atoms. The maximum atomic E-state index is 12.7. The van der Waals surface area contributed by atoms with Gasteiger partial charge in [-0.2, -0.15) is 13.2 Å². The van der Waals surface area contributed by atoms with Crippen molar-refractivity contribution < 1.29 is 28.0 Å². The van der Waals surface area contributed by atoms with Gasteiger partial charge in [0.1, 0.15) is 13.1 Å². The molecule has 0 aliphatic heterocycles. The molecule has 0 saturated carbocycles. The summed E-state index contributed by atoms with van der Waals surface area (Å²) in [6.45, 7) is 1.49. The minimum absolute atomic E-state index is 0.281. The van der Waals surface area contributed by atoms with Crippen LogP contribution in [0.4, 0.5) is 13.2 Å². The summed E-state index contributed by atoms with van der Waals surface area (Å²) >= 11 is 0. The Kier molecular flexibility index (Phi) is 3.51. The number of aryl methyl sites for hydroxylation is 1. The van der Waals surface area contributed by atoms with Crippen molar-refractivity contribution in [3.05, 3.63) is 17.5 Å². The van der Waals surface area contributed by atoms with Crippen LogP contribution in [0.5, 0.6) is 11.5 Å². The van der Waals surface area contributed by atoms with E-state index in [1.54, 1.807) is 0 Å². The molecule has 4 nitrogen and oxygen atoms in total. The van der Waals surface area contributed by atoms with Crippen molar-refractivity contribution in [1.29, 1.82) is 0 Å². The third-order valence-electron chi connectivity index (χ3n) is 2.63. The van der Waals surface area contributed by atoms with Gasteiger partial charge in [0.15, 0.2) is 11.9 Å². The van der Waals surface area contributed by atoms with Crippen molar-refractivity contribution in [2.24, 2.45) is 7.05 Å². The van der Waals surface area contributed by atoms with Crippen molar-refractivity contribution in [3.8, 4) is 11.5 Å². The predicted molar refractivity (Wildman–Crippen MR) is 53.5 cm³/mol. The predicted octanol–water partition coefficient (Wildman–Crippen LogP) is 1.05. The molecular formula is C10H14F3N2O2+. The van der Waals surface area contributed by atoms with E-state index in [1.165, 1.54) is 18.5 Å². The van der Waals surface area contributed by atoms with Crippen molar-refractivity contribution in [1.82, 2.24) is 5.32 Å². The lowest BCUT2D eigenvalue weighted by Crippen LogP contribution is -2.37. The van der Waals surface area contributed by atoms with Gasteiger partial charge in [0.2, 0.25) is 11.4 Å². The molecule has 0 amide bonds. The molecule has 0 aliphatic rings. The van der Waals surface area contributed by atoms with Gasteiger partial charge in [0, 0.05) is 6.92 Å². The molecule has 1 unspecified atom stereocenters. The Hall–Kier alpha value is -1.50. The largest absolute Gasteiger partial charge is 0.504 e. The molecule has 0 aliphatic carbocycles. The number of alkyl halides is 3. The Labute approximate surface area is 96.3 Å². The maximum Gasteiger partial charge on any atom is 0.408 e. The van der Waals surface area contributed by atoms with E-state index in [-0.39, 0.29) is 5.69 Å². The summed E-state index contributed by atoms with van der Waals surface area (Å²) in [5.41, 5.74) is -0.131. The number of aromatic nitrogens is 1. The molecule has 0 saturated heterocycles. The molecule has 1 aromatic heterocycles. The SMILES string of the molecule is CNC(c1c[n+](C)c(C)c(O)c1O)C(F)(F)F. The summed E-state index contributed by atoms with van der Waals surface area (Å²) in [6.07, 6.45) is -3.42. The van der Waals surface area contributed by atoms with Gasteiger partial charge in [-0.3, -0.25) is 0 Å². The van der Waals surface area contributed by atoms with Crippen LogP contribution in [0.2, 0.25) is 0 Å². The molecule has 1 aromatic rings. The molecule has 7 heteroatoms. The second kappa shape index (κ2) is 4.40. The van der Waals surface area contributed by atoms with Crippen LogP contribution < -0.4 is 9.88 Å². The topological polar surface area (TPSA) is 56.4 Å². The maximum absolute atomic E-state index is 12.7. The van der Waals surface area contributed by atoms with Crippen LogP contribution in [-0.2, 0) is 7.05 Å². The van der Waals surface area contributed by atoms with Crippen LogP contribution in [0.25, 0.3) is 0 Å². The molecule has 0 aromatic carbocycles. The number of hydrogen-bond acceptors (Lipinski definition) is 3. The van der Waals surface area contributed by atoms with Crippen molar-refractivity contribution in [2.45, 2.75) is 19.1 Å². The molecule has 0 bridgehead atoms. The molecule has 17 heavy (non-hydrogen) atoms. The van der Waals surface area contributed by atoms with E-state index < -0.39 is 29.3 Å². The summed E-state index contributed by atoms with van der Waals surface area (Å²) in [5.74, 6) is -1.30. The van der Waals surface area contributed by atoms with Crippen molar-refractivity contribution in [3.63, 3.8) is 0 Å². The fourth-order valence-corrected chi connectivity index (χ4v) is 1.55. The van der Waals surface area contributed by atoms with Gasteiger partial charge in [-0.1, -0.05) is 0 Å². The van der Waals surface area contributed by atoms with E-state index in [1.807, 2.05) is 0 Å². The lowest BCUT2D eigenvalue weighted by molar-refractivity contribution is -0.678. The summed E-state index contributed by atoms with van der Waals surface area (Å²) in [4.78, 5) is 0. The summed E-state index contributed by atoms with van der Waals surface area (Å²) in [7, 11) is 2.62. The van der Waals surface area contributed by atoms with Crippen LogP contribution in [-0.4, -0.2) is 23.4 Å². The van der Waals surface area contributed by atoms with Crippen LogP contribution >= 0.6 is 0 Å². The van der Waals surface area contributed by atoms with Gasteiger partial charge in [-0.15, -0.1) is 0 Å². The van der Waals surface area contributed by atoms with Crippen LogP contribution in [0.3, 0.4) is 0 Å². The lowest BCUT2D eigenvalue weighted by atomic mass is 10.1. The highest BCUT2D eigenvalue weighted by Crippen LogP contribution is 2.40. The van der Waals surface area contributed by atoms with Gasteiger partial charge < -0.3 is 15.5 Å². The van der Waals surface area contributed by atoms with E-state index >= 15 is 0 Å². The standard InChI is InChI=1S/C10H13F3N2O2/c1-5-7(16)8(17)6(4-15(5)3)9(14-2)10(11,12)13/h4,9,14,16H,1-3H3/p+1. The molecule has 3 N–H and O–H groups in total. The third-order valence-corrected chi connectivity index (χ3v) is 2.63. The van der Waals surface area contributed by atoms with Gasteiger partial charge in [-0.05, 0) is 7.05 Å². The number of halogens is 3. The Morgan fingerprint density at radius 2 is 1.82 bits per heavy atom. The Bertz CT molecular complexity index is 433. The van der Waals surface area contributed by atoms with Crippen LogP contribution in [0, 0.1) is 6.92 Å². The van der Waals surface area contributed by atoms with Crippen molar-refractivity contribution in [2.75, 3.05) is 7.05 Å². The highest BCUT2D eigenvalue weighted by molar-refractivity contribution is 5.45. The zero-order valence-corrected chi connectivity index (χ0v) is 9.63. The molecule has 1 heterocycles. The third kappa shape index (κ3) is 2.44. The molecule has 1 atom stereocenters. The summed E-state index contributed by atoms with van der Waals surface area (Å²) in [6, 6.07) is -2.03. The van der Waals surface area contributed by atoms with Crippen molar-refractivity contribution >= 4 is 0 Å². The van der Waals surface area contributed by atoms with Crippen LogP contribution in [0.15, 0.2) is 6.20 Å². The minimum Gasteiger partial charge on any atom is -0.504 e. The highest BCUT2D eigenvalue weighted by atomic mass is 19.4. The van der Waals surface area contributed by atoms with Gasteiger partial charge in [-0.25, -0.2) is 4.57 Å². The first-order valence-electron chi connectivity index (χ1n) is 4.85. The van der Waals surface area contributed by atoms with E-state index in [9.17, 15) is 23.4 Å². The van der Waals surface area contributed by atoms with Gasteiger partial charge in [0.05, 0.1) is 5.56 Å². The number of aromatic hydroxyl groups is 2. The highest BCUT2D eigenvalue weighted by Gasteiger charge is 2.43. The molecule has 1 rings (SSSR count). The number of hydrogen-bond donors (Lipinski definition) is 3. The Morgan fingerprint density at radius 1 is 1.29 bits per heavy atom. The number of nitrogens with zero attached hydrogens (tertiary/aromatic N) is 1. The molecule has 0 radical (unpaired) electrons. The average molecular weight is 251 g/mol. The smallest absolute Gasteiger partial charge is 0.408 e. The molecular weight excluding hydrogens is 237 g/mol. The van der Waals surface area contributed by atoms with Gasteiger partial charge >= 0.3 is 6.18 Å². The molecule has 0 fully saturated rings. The zero-order valence-electron chi connectivity index (χ0n) is 9.63. The first kappa shape index (κ1) is 13.6. The number of pyridine rings is 1. The minimum atomic E-state index is -4.55. The number of nitrogens with one attached hydrogen (secondary N) is 1. The Balaban J connectivity index is 3.41. The van der Waals surface area contributed by atoms with Gasteiger partial charge in [0.25, 0.3) is 0 Å². The zero-order chi connectivity index (χ0) is 13.4. The van der Waals surface area contributed by atoms with E-state index in [4.69, 9.17) is 0 Å². The van der Waals surface area contributed by atoms with E-state index in [2.05, 4.69) is 5.32 Å².